The van der Waals surface area contributed by atoms with Crippen LogP contribution in [0, 0.1) is 11.8 Å². The summed E-state index contributed by atoms with van der Waals surface area (Å²) >= 11 is 0. The summed E-state index contributed by atoms with van der Waals surface area (Å²) in [6.07, 6.45) is 6.48. The molecule has 180 valence electrons. The zero-order valence-corrected chi connectivity index (χ0v) is 21.0. The quantitative estimate of drug-likeness (QED) is 0.226. The lowest BCUT2D eigenvalue weighted by molar-refractivity contribution is -0.133. The van der Waals surface area contributed by atoms with Gasteiger partial charge in [0, 0.05) is 25.9 Å². The molecule has 3 N–H and O–H groups in total. The lowest BCUT2D eigenvalue weighted by Crippen LogP contribution is -2.41. The van der Waals surface area contributed by atoms with Crippen molar-refractivity contribution in [2.45, 2.75) is 73.1 Å². The number of hydrogen-bond donors (Lipinski definition) is 2. The molecule has 2 saturated heterocycles. The van der Waals surface area contributed by atoms with E-state index in [0.29, 0.717) is 46.3 Å². The van der Waals surface area contributed by atoms with Gasteiger partial charge in [0.15, 0.2) is 5.52 Å². The van der Waals surface area contributed by atoms with Gasteiger partial charge in [-0.3, -0.25) is 24.6 Å². The molecular weight excluding hydrogens is 415 g/mol. The van der Waals surface area contributed by atoms with E-state index in [1.165, 1.54) is 0 Å². The SMILES string of the molecule is CC.CCCC1CC(=O)N(CC(=O)NN)C1.CCCC1CC(=O)N(CC(=O)PCC)C1. The third-order valence-corrected chi connectivity index (χ3v) is 6.09. The van der Waals surface area contributed by atoms with Crippen molar-refractivity contribution in [3.8, 4) is 0 Å². The monoisotopic (exact) mass is 458 g/mol. The summed E-state index contributed by atoms with van der Waals surface area (Å²) in [5.74, 6) is 5.77. The van der Waals surface area contributed by atoms with Crippen LogP contribution in [0.2, 0.25) is 0 Å². The molecule has 3 unspecified atom stereocenters. The van der Waals surface area contributed by atoms with Crippen LogP contribution >= 0.6 is 8.58 Å². The topological polar surface area (TPSA) is 113 Å². The van der Waals surface area contributed by atoms with Gasteiger partial charge in [0.2, 0.25) is 11.8 Å². The second-order valence-electron chi connectivity index (χ2n) is 7.79. The molecule has 2 rings (SSSR count). The molecule has 9 heteroatoms. The summed E-state index contributed by atoms with van der Waals surface area (Å²) in [4.78, 5) is 48.7. The van der Waals surface area contributed by atoms with E-state index in [1.807, 2.05) is 26.2 Å². The first-order valence-corrected chi connectivity index (χ1v) is 12.9. The minimum absolute atomic E-state index is 0.0621. The number of hydrogen-bond acceptors (Lipinski definition) is 5. The average molecular weight is 459 g/mol. The van der Waals surface area contributed by atoms with E-state index in [1.54, 1.807) is 9.80 Å². The first-order valence-electron chi connectivity index (χ1n) is 11.7. The lowest BCUT2D eigenvalue weighted by atomic mass is 10.0. The van der Waals surface area contributed by atoms with E-state index >= 15 is 0 Å². The van der Waals surface area contributed by atoms with Crippen LogP contribution < -0.4 is 11.3 Å². The molecule has 2 aliphatic heterocycles. The molecule has 3 amide bonds. The fourth-order valence-electron chi connectivity index (χ4n) is 3.86. The van der Waals surface area contributed by atoms with Crippen molar-refractivity contribution >= 4 is 31.8 Å². The minimum atomic E-state index is -0.310. The second kappa shape index (κ2) is 17.1. The number of amides is 3. The molecule has 0 aromatic heterocycles. The van der Waals surface area contributed by atoms with E-state index in [9.17, 15) is 19.2 Å². The number of carbonyl (C=O) groups excluding carboxylic acids is 4. The Morgan fingerprint density at radius 3 is 1.77 bits per heavy atom. The van der Waals surface area contributed by atoms with E-state index in [-0.39, 0.29) is 29.8 Å². The normalized spacial score (nSPS) is 20.5. The van der Waals surface area contributed by atoms with Crippen LogP contribution in [-0.4, -0.2) is 65.4 Å². The highest BCUT2D eigenvalue weighted by Crippen LogP contribution is 2.23. The highest BCUT2D eigenvalue weighted by molar-refractivity contribution is 7.57. The number of nitrogens with zero attached hydrogens (tertiary/aromatic N) is 2. The van der Waals surface area contributed by atoms with Gasteiger partial charge in [-0.2, -0.15) is 0 Å². The molecule has 0 aliphatic carbocycles. The van der Waals surface area contributed by atoms with Gasteiger partial charge >= 0.3 is 0 Å². The largest absolute Gasteiger partial charge is 0.335 e. The summed E-state index contributed by atoms with van der Waals surface area (Å²) in [6.45, 7) is 12.2. The van der Waals surface area contributed by atoms with Crippen LogP contribution in [0.1, 0.15) is 73.1 Å². The highest BCUT2D eigenvalue weighted by Gasteiger charge is 2.30. The maximum absolute atomic E-state index is 11.6. The Hall–Kier alpha value is -1.53. The zero-order chi connectivity index (χ0) is 23.8. The smallest absolute Gasteiger partial charge is 0.253 e. The number of nitrogens with two attached hydrogens (primary N) is 1. The maximum atomic E-state index is 11.6. The molecular formula is C22H43N4O4P. The molecule has 3 atom stereocenters. The molecule has 2 fully saturated rings. The molecule has 0 aromatic rings. The molecule has 0 saturated carbocycles. The molecule has 0 aromatic carbocycles. The maximum Gasteiger partial charge on any atom is 0.253 e. The van der Waals surface area contributed by atoms with Crippen molar-refractivity contribution < 1.29 is 19.2 Å². The van der Waals surface area contributed by atoms with Gasteiger partial charge < -0.3 is 9.80 Å². The Morgan fingerprint density at radius 1 is 0.935 bits per heavy atom. The fraction of sp³-hybridized carbons (Fsp3) is 0.818. The summed E-state index contributed by atoms with van der Waals surface area (Å²) < 4.78 is 0. The number of likely N-dealkylation sites (tertiary alicyclic amines) is 2. The summed E-state index contributed by atoms with van der Waals surface area (Å²) in [5, 5.41) is 0. The van der Waals surface area contributed by atoms with E-state index in [4.69, 9.17) is 5.84 Å². The van der Waals surface area contributed by atoms with Crippen LogP contribution in [0.3, 0.4) is 0 Å². The molecule has 0 bridgehead atoms. The standard InChI is InChI=1S/C11H20NO2P.C9H17N3O2.C2H6/c1-3-5-9-6-10(13)12(7-9)8-11(14)15-4-2;1-2-3-7-4-9(14)12(5-7)6-8(13)11-10;1-2/h9,15H,3-8H2,1-2H3;7H,2-6,10H2,1H3,(H,11,13);1-2H3. The second-order valence-corrected chi connectivity index (χ2v) is 9.41. The fourth-order valence-corrected chi connectivity index (χ4v) is 4.56. The van der Waals surface area contributed by atoms with Gasteiger partial charge in [0.1, 0.15) is 6.54 Å². The number of nitrogens with one attached hydrogen (secondary N) is 1. The summed E-state index contributed by atoms with van der Waals surface area (Å²) in [5.41, 5.74) is 2.25. The van der Waals surface area contributed by atoms with Crippen molar-refractivity contribution in [3.05, 3.63) is 0 Å². The van der Waals surface area contributed by atoms with Gasteiger partial charge in [0.25, 0.3) is 5.91 Å². The van der Waals surface area contributed by atoms with Crippen molar-refractivity contribution in [2.24, 2.45) is 17.7 Å². The van der Waals surface area contributed by atoms with Crippen LogP contribution in [0.4, 0.5) is 0 Å². The van der Waals surface area contributed by atoms with Crippen LogP contribution in [0.15, 0.2) is 0 Å². The molecule has 2 aliphatic rings. The first-order chi connectivity index (χ1) is 14.8. The average Bonchev–Trinajstić information content (AvgIpc) is 3.26. The molecule has 2 heterocycles. The van der Waals surface area contributed by atoms with Crippen LogP contribution in [0.5, 0.6) is 0 Å². The molecule has 0 radical (unpaired) electrons. The van der Waals surface area contributed by atoms with Gasteiger partial charge in [-0.1, -0.05) is 47.5 Å². The lowest BCUT2D eigenvalue weighted by Gasteiger charge is -2.15. The summed E-state index contributed by atoms with van der Waals surface area (Å²) in [6, 6.07) is 0. The molecule has 8 nitrogen and oxygen atoms in total. The van der Waals surface area contributed by atoms with Crippen molar-refractivity contribution in [1.29, 1.82) is 0 Å². The minimum Gasteiger partial charge on any atom is -0.335 e. The van der Waals surface area contributed by atoms with Gasteiger partial charge in [-0.05, 0) is 39.4 Å². The van der Waals surface area contributed by atoms with Crippen molar-refractivity contribution in [2.75, 3.05) is 32.3 Å². The first kappa shape index (κ1) is 29.5. The van der Waals surface area contributed by atoms with Crippen LogP contribution in [0.25, 0.3) is 0 Å². The number of rotatable bonds is 10. The predicted molar refractivity (Wildman–Crippen MR) is 127 cm³/mol. The van der Waals surface area contributed by atoms with Gasteiger partial charge in [0.05, 0.1) is 6.54 Å². The van der Waals surface area contributed by atoms with Crippen molar-refractivity contribution in [1.82, 2.24) is 15.2 Å². The molecule has 0 spiro atoms. The number of hydrazine groups is 1. The van der Waals surface area contributed by atoms with Crippen molar-refractivity contribution in [3.63, 3.8) is 0 Å². The Balaban J connectivity index is 0.000000539. The zero-order valence-electron chi connectivity index (χ0n) is 20.0. The Labute approximate surface area is 189 Å². The molecule has 31 heavy (non-hydrogen) atoms. The number of carbonyl (C=O) groups is 4. The summed E-state index contributed by atoms with van der Waals surface area (Å²) in [7, 11) is 0.365. The highest BCUT2D eigenvalue weighted by atomic mass is 31.1. The van der Waals surface area contributed by atoms with Crippen LogP contribution in [-0.2, 0) is 19.2 Å². The third kappa shape index (κ3) is 11.6. The van der Waals surface area contributed by atoms with E-state index in [2.05, 4.69) is 13.8 Å². The Morgan fingerprint density at radius 2 is 1.39 bits per heavy atom. The predicted octanol–water partition coefficient (Wildman–Crippen LogP) is 2.51. The Bertz CT molecular complexity index is 574. The van der Waals surface area contributed by atoms with E-state index in [0.717, 1.165) is 38.4 Å². The van der Waals surface area contributed by atoms with Gasteiger partial charge in [-0.15, -0.1) is 0 Å². The van der Waals surface area contributed by atoms with Gasteiger partial charge in [-0.25, -0.2) is 5.84 Å². The third-order valence-electron chi connectivity index (χ3n) is 5.19. The Kier molecular flexibility index (Phi) is 16.2. The van der Waals surface area contributed by atoms with E-state index < -0.39 is 0 Å².